The molecule has 0 aliphatic rings. The summed E-state index contributed by atoms with van der Waals surface area (Å²) in [4.78, 5) is 29.4. The summed E-state index contributed by atoms with van der Waals surface area (Å²) in [6.07, 6.45) is 1.66. The van der Waals surface area contributed by atoms with E-state index in [4.69, 9.17) is 4.74 Å². The summed E-state index contributed by atoms with van der Waals surface area (Å²) < 4.78 is 8.12. The van der Waals surface area contributed by atoms with E-state index in [0.29, 0.717) is 29.0 Å². The van der Waals surface area contributed by atoms with Crippen molar-refractivity contribution in [3.05, 3.63) is 46.5 Å². The molecule has 1 amide bonds. The van der Waals surface area contributed by atoms with Gasteiger partial charge in [-0.15, -0.1) is 0 Å². The lowest BCUT2D eigenvalue weighted by molar-refractivity contribution is 0.0898. The third-order valence-corrected chi connectivity index (χ3v) is 3.74. The van der Waals surface area contributed by atoms with Crippen LogP contribution in [-0.2, 0) is 11.8 Å². The summed E-state index contributed by atoms with van der Waals surface area (Å²) >= 11 is 0. The zero-order valence-corrected chi connectivity index (χ0v) is 13.2. The number of hydrogen-bond acceptors (Lipinski definition) is 4. The maximum atomic E-state index is 12.6. The Hall–Kier alpha value is -2.67. The predicted octanol–water partition coefficient (Wildman–Crippen LogP) is 0.951. The van der Waals surface area contributed by atoms with Crippen molar-refractivity contribution in [2.24, 2.45) is 7.05 Å². The number of nitrogens with one attached hydrogen (secondary N) is 1. The zero-order chi connectivity index (χ0) is 16.6. The minimum atomic E-state index is -0.261. The molecule has 3 heterocycles. The monoisotopic (exact) mass is 314 g/mol. The van der Waals surface area contributed by atoms with Crippen molar-refractivity contribution in [1.29, 1.82) is 0 Å². The van der Waals surface area contributed by atoms with Crippen molar-refractivity contribution in [2.45, 2.75) is 13.0 Å². The smallest absolute Gasteiger partial charge is 0.268 e. The summed E-state index contributed by atoms with van der Waals surface area (Å²) in [6.45, 7) is 2.27. The van der Waals surface area contributed by atoms with Crippen LogP contribution in [0.25, 0.3) is 16.7 Å². The molecule has 0 spiro atoms. The molecule has 0 fully saturated rings. The molecule has 7 nitrogen and oxygen atoms in total. The summed E-state index contributed by atoms with van der Waals surface area (Å²) in [6, 6.07) is 6.80. The minimum absolute atomic E-state index is 0.126. The lowest BCUT2D eigenvalue weighted by atomic mass is 10.3. The van der Waals surface area contributed by atoms with E-state index in [1.165, 1.54) is 4.40 Å². The number of fused-ring (bicyclic) bond motifs is 2. The molecule has 23 heavy (non-hydrogen) atoms. The Morgan fingerprint density at radius 1 is 1.43 bits per heavy atom. The molecule has 3 aromatic heterocycles. The van der Waals surface area contributed by atoms with E-state index in [2.05, 4.69) is 10.3 Å². The number of hydrogen-bond donors (Lipinski definition) is 1. The summed E-state index contributed by atoms with van der Waals surface area (Å²) in [7, 11) is 3.31. The van der Waals surface area contributed by atoms with Crippen LogP contribution in [0, 0.1) is 0 Å². The van der Waals surface area contributed by atoms with Crippen molar-refractivity contribution in [3.8, 4) is 0 Å². The summed E-state index contributed by atoms with van der Waals surface area (Å²) in [5.41, 5.74) is 1.24. The van der Waals surface area contributed by atoms with Gasteiger partial charge in [0, 0.05) is 26.4 Å². The second-order valence-corrected chi connectivity index (χ2v) is 5.50. The van der Waals surface area contributed by atoms with Crippen molar-refractivity contribution in [3.63, 3.8) is 0 Å². The van der Waals surface area contributed by atoms with E-state index in [1.807, 2.05) is 13.0 Å². The van der Waals surface area contributed by atoms with Crippen LogP contribution in [0.2, 0.25) is 0 Å². The maximum Gasteiger partial charge on any atom is 0.268 e. The number of amides is 1. The predicted molar refractivity (Wildman–Crippen MR) is 86.7 cm³/mol. The summed E-state index contributed by atoms with van der Waals surface area (Å²) in [5, 5.41) is 3.26. The van der Waals surface area contributed by atoms with Crippen molar-refractivity contribution >= 4 is 22.6 Å². The molecule has 0 unspecified atom stereocenters. The van der Waals surface area contributed by atoms with Crippen LogP contribution >= 0.6 is 0 Å². The van der Waals surface area contributed by atoms with Crippen LogP contribution in [0.1, 0.15) is 17.4 Å². The fourth-order valence-corrected chi connectivity index (χ4v) is 2.63. The van der Waals surface area contributed by atoms with E-state index >= 15 is 0 Å². The SMILES string of the molecule is COC[C@@H](C)NC(=O)c1cc2c(=O)n3ccccc3nc2n1C. The number of ether oxygens (including phenoxy) is 1. The number of pyridine rings is 1. The number of rotatable bonds is 4. The first-order valence-corrected chi connectivity index (χ1v) is 7.29. The van der Waals surface area contributed by atoms with Crippen LogP contribution in [0.3, 0.4) is 0 Å². The number of methoxy groups -OCH3 is 1. The third-order valence-electron chi connectivity index (χ3n) is 3.74. The molecular formula is C16H18N4O3. The number of aryl methyl sites for hydroxylation is 1. The molecular weight excluding hydrogens is 296 g/mol. The molecule has 120 valence electrons. The Kier molecular flexibility index (Phi) is 3.87. The Bertz CT molecular complexity index is 942. The normalized spacial score (nSPS) is 12.7. The highest BCUT2D eigenvalue weighted by Crippen LogP contribution is 2.15. The number of aromatic nitrogens is 3. The van der Waals surface area contributed by atoms with Crippen LogP contribution in [0.5, 0.6) is 0 Å². The molecule has 3 aromatic rings. The van der Waals surface area contributed by atoms with Gasteiger partial charge in [-0.05, 0) is 25.1 Å². The molecule has 0 aromatic carbocycles. The van der Waals surface area contributed by atoms with E-state index < -0.39 is 0 Å². The van der Waals surface area contributed by atoms with Gasteiger partial charge in [-0.1, -0.05) is 6.07 Å². The second kappa shape index (κ2) is 5.85. The van der Waals surface area contributed by atoms with E-state index in [0.717, 1.165) is 0 Å². The van der Waals surface area contributed by atoms with E-state index in [9.17, 15) is 9.59 Å². The van der Waals surface area contributed by atoms with Crippen LogP contribution in [0.4, 0.5) is 0 Å². The van der Waals surface area contributed by atoms with Gasteiger partial charge in [0.1, 0.15) is 17.0 Å². The average molecular weight is 314 g/mol. The number of carbonyl (C=O) groups excluding carboxylic acids is 1. The fraction of sp³-hybridized carbons (Fsp3) is 0.312. The largest absolute Gasteiger partial charge is 0.383 e. The van der Waals surface area contributed by atoms with Crippen LogP contribution < -0.4 is 10.9 Å². The van der Waals surface area contributed by atoms with Gasteiger partial charge in [-0.2, -0.15) is 0 Å². The molecule has 0 aliphatic heterocycles. The first kappa shape index (κ1) is 15.2. The molecule has 1 atom stereocenters. The maximum absolute atomic E-state index is 12.6. The first-order valence-electron chi connectivity index (χ1n) is 7.29. The Labute approximate surface area is 132 Å². The molecule has 3 rings (SSSR count). The van der Waals surface area contributed by atoms with Gasteiger partial charge >= 0.3 is 0 Å². The van der Waals surface area contributed by atoms with Crippen LogP contribution in [-0.4, -0.2) is 39.6 Å². The molecule has 0 radical (unpaired) electrons. The molecule has 0 saturated carbocycles. The highest BCUT2D eigenvalue weighted by Gasteiger charge is 2.18. The van der Waals surface area contributed by atoms with E-state index in [-0.39, 0.29) is 17.5 Å². The zero-order valence-electron chi connectivity index (χ0n) is 13.2. The lowest BCUT2D eigenvalue weighted by Gasteiger charge is -2.12. The topological polar surface area (TPSA) is 77.6 Å². The quantitative estimate of drug-likeness (QED) is 0.778. The van der Waals surface area contributed by atoms with Gasteiger partial charge in [0.25, 0.3) is 11.5 Å². The van der Waals surface area contributed by atoms with Gasteiger partial charge in [0.05, 0.1) is 12.0 Å². The molecule has 0 saturated heterocycles. The second-order valence-electron chi connectivity index (χ2n) is 5.50. The number of carbonyl (C=O) groups is 1. The van der Waals surface area contributed by atoms with Gasteiger partial charge in [-0.25, -0.2) is 4.98 Å². The van der Waals surface area contributed by atoms with Crippen LogP contribution in [0.15, 0.2) is 35.3 Å². The van der Waals surface area contributed by atoms with E-state index in [1.54, 1.807) is 43.1 Å². The van der Waals surface area contributed by atoms with Gasteiger partial charge < -0.3 is 14.6 Å². The Balaban J connectivity index is 2.11. The number of nitrogens with zero attached hydrogens (tertiary/aromatic N) is 3. The molecule has 0 bridgehead atoms. The molecule has 7 heteroatoms. The first-order chi connectivity index (χ1) is 11.0. The van der Waals surface area contributed by atoms with Crippen molar-refractivity contribution in [1.82, 2.24) is 19.3 Å². The molecule has 0 aliphatic carbocycles. The van der Waals surface area contributed by atoms with Crippen molar-refractivity contribution < 1.29 is 9.53 Å². The summed E-state index contributed by atoms with van der Waals surface area (Å²) in [5.74, 6) is -0.261. The highest BCUT2D eigenvalue weighted by molar-refractivity contribution is 5.98. The van der Waals surface area contributed by atoms with Crippen molar-refractivity contribution in [2.75, 3.05) is 13.7 Å². The Morgan fingerprint density at radius 2 is 2.22 bits per heavy atom. The van der Waals surface area contributed by atoms with Gasteiger partial charge in [0.15, 0.2) is 0 Å². The standard InChI is InChI=1S/C16H18N4O3/c1-10(9-23-3)17-15(21)12-8-11-14(19(12)2)18-13-6-4-5-7-20(13)16(11)22/h4-8,10H,9H2,1-3H3,(H,17,21)/t10-/m1/s1. The minimum Gasteiger partial charge on any atom is -0.383 e. The highest BCUT2D eigenvalue weighted by atomic mass is 16.5. The van der Waals surface area contributed by atoms with Gasteiger partial charge in [-0.3, -0.25) is 14.0 Å². The Morgan fingerprint density at radius 3 is 2.96 bits per heavy atom. The third kappa shape index (κ3) is 2.59. The lowest BCUT2D eigenvalue weighted by Crippen LogP contribution is -2.36. The van der Waals surface area contributed by atoms with Gasteiger partial charge in [0.2, 0.25) is 0 Å². The molecule has 1 N–H and O–H groups in total. The fourth-order valence-electron chi connectivity index (χ4n) is 2.63. The average Bonchev–Trinajstić information content (AvgIpc) is 2.85.